The van der Waals surface area contributed by atoms with Crippen molar-refractivity contribution in [2.45, 2.75) is 32.2 Å². The van der Waals surface area contributed by atoms with Gasteiger partial charge >= 0.3 is 0 Å². The van der Waals surface area contributed by atoms with Crippen LogP contribution in [0.1, 0.15) is 25.3 Å². The third-order valence-electron chi connectivity index (χ3n) is 4.28. The van der Waals surface area contributed by atoms with Gasteiger partial charge in [-0.1, -0.05) is 42.8 Å². The molecule has 24 heavy (non-hydrogen) atoms. The predicted molar refractivity (Wildman–Crippen MR) is 98.4 cm³/mol. The summed E-state index contributed by atoms with van der Waals surface area (Å²) in [5.74, 6) is -0.256. The minimum absolute atomic E-state index is 0.0191. The molecule has 0 bridgehead atoms. The number of hydrogen-bond acceptors (Lipinski definition) is 3. The first-order chi connectivity index (χ1) is 11.3. The maximum Gasteiger partial charge on any atom is 0.253 e. The number of likely N-dealkylation sites (N-methyl/N-ethyl adjacent to an activating group) is 1. The number of halogens is 2. The van der Waals surface area contributed by atoms with Crippen LogP contribution in [-0.4, -0.2) is 35.5 Å². The Bertz CT molecular complexity index is 686. The molecule has 0 fully saturated rings. The van der Waals surface area contributed by atoms with Gasteiger partial charge in [-0.25, -0.2) is 0 Å². The molecule has 1 heterocycles. The number of carbonyl (C=O) groups is 1. The van der Waals surface area contributed by atoms with E-state index in [0.717, 1.165) is 24.8 Å². The van der Waals surface area contributed by atoms with Crippen LogP contribution in [0, 0.1) is 0 Å². The van der Waals surface area contributed by atoms with E-state index in [1.54, 1.807) is 18.0 Å². The van der Waals surface area contributed by atoms with Gasteiger partial charge in [0.05, 0.1) is 27.9 Å². The van der Waals surface area contributed by atoms with Crippen molar-refractivity contribution in [2.24, 2.45) is 0 Å². The minimum Gasteiger partial charge on any atom is -0.505 e. The van der Waals surface area contributed by atoms with Crippen molar-refractivity contribution >= 4 is 29.1 Å². The molecule has 0 saturated heterocycles. The van der Waals surface area contributed by atoms with E-state index in [9.17, 15) is 9.90 Å². The normalized spacial score (nSPS) is 15.8. The first-order valence-corrected chi connectivity index (χ1v) is 8.66. The number of nitrogens with one attached hydrogen (secondary N) is 1. The van der Waals surface area contributed by atoms with E-state index >= 15 is 0 Å². The second kappa shape index (κ2) is 7.95. The van der Waals surface area contributed by atoms with Gasteiger partial charge in [0.2, 0.25) is 0 Å². The standard InChI is InChI=1S/C18H22Cl2N2O2/c1-4-13(7-5-12-6-8-15(19)16(20)9-12)21-18(24)14-10-22(3)11(2)17(14)23/h6,8-9,13,23H,2,4-5,7,10H2,1,3H3,(H,21,24). The maximum absolute atomic E-state index is 12.4. The summed E-state index contributed by atoms with van der Waals surface area (Å²) in [5, 5.41) is 14.1. The monoisotopic (exact) mass is 368 g/mol. The Morgan fingerprint density at radius 3 is 2.67 bits per heavy atom. The number of aliphatic hydroxyl groups excluding tert-OH is 1. The highest BCUT2D eigenvalue weighted by molar-refractivity contribution is 6.42. The summed E-state index contributed by atoms with van der Waals surface area (Å²) in [7, 11) is 1.79. The molecule has 0 aliphatic carbocycles. The number of amides is 1. The number of benzene rings is 1. The fraction of sp³-hybridized carbons (Fsp3) is 0.389. The lowest BCUT2D eigenvalue weighted by atomic mass is 10.0. The van der Waals surface area contributed by atoms with Gasteiger partial charge in [0.1, 0.15) is 5.76 Å². The lowest BCUT2D eigenvalue weighted by molar-refractivity contribution is -0.118. The van der Waals surface area contributed by atoms with Crippen LogP contribution in [0.25, 0.3) is 0 Å². The van der Waals surface area contributed by atoms with Crippen molar-refractivity contribution < 1.29 is 9.90 Å². The fourth-order valence-electron chi connectivity index (χ4n) is 2.63. The summed E-state index contributed by atoms with van der Waals surface area (Å²) in [6.07, 6.45) is 2.37. The SMILES string of the molecule is C=C1C(O)=C(C(=O)NC(CC)CCc2ccc(Cl)c(Cl)c2)CN1C. The molecule has 2 rings (SSSR count). The van der Waals surface area contributed by atoms with E-state index in [4.69, 9.17) is 23.2 Å². The molecule has 1 unspecified atom stereocenters. The second-order valence-electron chi connectivity index (χ2n) is 6.00. The van der Waals surface area contributed by atoms with E-state index in [0.29, 0.717) is 27.9 Å². The highest BCUT2D eigenvalue weighted by Gasteiger charge is 2.28. The van der Waals surface area contributed by atoms with Crippen LogP contribution in [0.4, 0.5) is 0 Å². The van der Waals surface area contributed by atoms with E-state index in [-0.39, 0.29) is 17.7 Å². The van der Waals surface area contributed by atoms with Crippen molar-refractivity contribution in [2.75, 3.05) is 13.6 Å². The molecule has 1 atom stereocenters. The first kappa shape index (κ1) is 18.7. The average molecular weight is 369 g/mol. The van der Waals surface area contributed by atoms with E-state index in [2.05, 4.69) is 11.9 Å². The smallest absolute Gasteiger partial charge is 0.253 e. The number of rotatable bonds is 6. The maximum atomic E-state index is 12.4. The predicted octanol–water partition coefficient (Wildman–Crippen LogP) is 4.09. The molecule has 1 amide bonds. The van der Waals surface area contributed by atoms with Gasteiger partial charge in [0.15, 0.2) is 0 Å². The van der Waals surface area contributed by atoms with Gasteiger partial charge in [-0.15, -0.1) is 0 Å². The van der Waals surface area contributed by atoms with Gasteiger partial charge in [0.25, 0.3) is 5.91 Å². The third-order valence-corrected chi connectivity index (χ3v) is 5.02. The van der Waals surface area contributed by atoms with Crippen LogP contribution in [0.5, 0.6) is 0 Å². The molecular weight excluding hydrogens is 347 g/mol. The lowest BCUT2D eigenvalue weighted by Gasteiger charge is -2.18. The van der Waals surface area contributed by atoms with Crippen LogP contribution in [0.3, 0.4) is 0 Å². The van der Waals surface area contributed by atoms with Crippen molar-refractivity contribution in [1.82, 2.24) is 10.2 Å². The van der Waals surface area contributed by atoms with Crippen molar-refractivity contribution in [1.29, 1.82) is 0 Å². The Morgan fingerprint density at radius 1 is 1.42 bits per heavy atom. The van der Waals surface area contributed by atoms with Crippen LogP contribution < -0.4 is 5.32 Å². The van der Waals surface area contributed by atoms with Crippen LogP contribution in [0.2, 0.25) is 10.0 Å². The van der Waals surface area contributed by atoms with Gasteiger partial charge < -0.3 is 15.3 Å². The number of nitrogens with zero attached hydrogens (tertiary/aromatic N) is 1. The molecule has 0 radical (unpaired) electrons. The molecule has 130 valence electrons. The molecule has 1 aliphatic rings. The zero-order valence-corrected chi connectivity index (χ0v) is 15.4. The molecule has 0 saturated carbocycles. The minimum atomic E-state index is -0.237. The number of carbonyl (C=O) groups excluding carboxylic acids is 1. The van der Waals surface area contributed by atoms with Crippen molar-refractivity contribution in [3.63, 3.8) is 0 Å². The number of aryl methyl sites for hydroxylation is 1. The van der Waals surface area contributed by atoms with Crippen molar-refractivity contribution in [3.8, 4) is 0 Å². The number of aliphatic hydroxyl groups is 1. The highest BCUT2D eigenvalue weighted by Crippen LogP contribution is 2.24. The molecule has 6 heteroatoms. The third kappa shape index (κ3) is 4.25. The average Bonchev–Trinajstić information content (AvgIpc) is 2.82. The molecule has 0 spiro atoms. The summed E-state index contributed by atoms with van der Waals surface area (Å²) in [6.45, 7) is 6.15. The molecule has 4 nitrogen and oxygen atoms in total. The highest BCUT2D eigenvalue weighted by atomic mass is 35.5. The summed E-state index contributed by atoms with van der Waals surface area (Å²) in [6, 6.07) is 5.59. The Labute approximate surface area is 152 Å². The lowest BCUT2D eigenvalue weighted by Crippen LogP contribution is -2.36. The van der Waals surface area contributed by atoms with Crippen LogP contribution in [0.15, 0.2) is 41.8 Å². The van der Waals surface area contributed by atoms with E-state index in [1.807, 2.05) is 19.1 Å². The van der Waals surface area contributed by atoms with Gasteiger partial charge in [-0.3, -0.25) is 4.79 Å². The zero-order chi connectivity index (χ0) is 17.9. The molecule has 1 aromatic carbocycles. The summed E-state index contributed by atoms with van der Waals surface area (Å²) in [5.41, 5.74) is 1.92. The largest absolute Gasteiger partial charge is 0.505 e. The Balaban J connectivity index is 1.96. The Morgan fingerprint density at radius 2 is 2.12 bits per heavy atom. The topological polar surface area (TPSA) is 52.6 Å². The second-order valence-corrected chi connectivity index (χ2v) is 6.81. The Kier molecular flexibility index (Phi) is 6.19. The zero-order valence-electron chi connectivity index (χ0n) is 13.9. The molecule has 0 aromatic heterocycles. The quantitative estimate of drug-likeness (QED) is 0.794. The van der Waals surface area contributed by atoms with E-state index in [1.165, 1.54) is 0 Å². The summed E-state index contributed by atoms with van der Waals surface area (Å²) >= 11 is 11.9. The number of hydrogen-bond donors (Lipinski definition) is 2. The fourth-order valence-corrected chi connectivity index (χ4v) is 2.95. The molecule has 1 aromatic rings. The van der Waals surface area contributed by atoms with E-state index < -0.39 is 0 Å². The van der Waals surface area contributed by atoms with Gasteiger partial charge in [-0.05, 0) is 37.0 Å². The van der Waals surface area contributed by atoms with Crippen molar-refractivity contribution in [3.05, 3.63) is 57.4 Å². The van der Waals surface area contributed by atoms with Gasteiger partial charge in [0, 0.05) is 13.1 Å². The van der Waals surface area contributed by atoms with Gasteiger partial charge in [-0.2, -0.15) is 0 Å². The molecule has 1 aliphatic heterocycles. The summed E-state index contributed by atoms with van der Waals surface area (Å²) in [4.78, 5) is 14.1. The van der Waals surface area contributed by atoms with Crippen LogP contribution in [-0.2, 0) is 11.2 Å². The molecule has 2 N–H and O–H groups in total. The Hall–Kier alpha value is -1.65. The summed E-state index contributed by atoms with van der Waals surface area (Å²) < 4.78 is 0. The first-order valence-electron chi connectivity index (χ1n) is 7.90. The molecular formula is C18H22Cl2N2O2. The van der Waals surface area contributed by atoms with Crippen LogP contribution >= 0.6 is 23.2 Å².